The summed E-state index contributed by atoms with van der Waals surface area (Å²) in [6, 6.07) is 6.03. The lowest BCUT2D eigenvalue weighted by atomic mass is 10.00. The number of nitrogens with zero attached hydrogens (tertiary/aromatic N) is 1. The number of amides is 2. The third-order valence-corrected chi connectivity index (χ3v) is 3.33. The Labute approximate surface area is 122 Å². The predicted octanol–water partition coefficient (Wildman–Crippen LogP) is 2.10. The van der Waals surface area contributed by atoms with Gasteiger partial charge in [0.2, 0.25) is 0 Å². The summed E-state index contributed by atoms with van der Waals surface area (Å²) in [7, 11) is 0. The fourth-order valence-corrected chi connectivity index (χ4v) is 2.17. The van der Waals surface area contributed by atoms with Gasteiger partial charge in [0.25, 0.3) is 0 Å². The minimum atomic E-state index is -0.938. The molecule has 2 amide bonds. The molecule has 1 aromatic carbocycles. The molecule has 0 fully saturated rings. The van der Waals surface area contributed by atoms with Crippen molar-refractivity contribution < 1.29 is 19.1 Å². The zero-order valence-corrected chi connectivity index (χ0v) is 11.5. The molecule has 1 aliphatic rings. The summed E-state index contributed by atoms with van der Waals surface area (Å²) >= 11 is 0. The molecule has 0 spiro atoms. The number of hydrogen-bond acceptors (Lipinski definition) is 2. The number of carboxylic acid groups (broad SMARTS) is 1. The first-order chi connectivity index (χ1) is 10.1. The fourth-order valence-electron chi connectivity index (χ4n) is 2.17. The molecule has 0 unspecified atom stereocenters. The summed E-state index contributed by atoms with van der Waals surface area (Å²) in [5, 5.41) is 11.1. The van der Waals surface area contributed by atoms with Crippen molar-refractivity contribution in [1.82, 2.24) is 10.2 Å². The highest BCUT2D eigenvalue weighted by Crippen LogP contribution is 2.22. The lowest BCUT2D eigenvalue weighted by molar-refractivity contribution is -0.136. The van der Waals surface area contributed by atoms with Gasteiger partial charge in [-0.1, -0.05) is 18.2 Å². The molecular weight excluding hydrogens is 275 g/mol. The SMILES string of the molecule is O=C(O)CCNC(=O)N1CC=C(c2ccc(F)cc2)CC1. The second kappa shape index (κ2) is 6.88. The number of hydrogen-bond donors (Lipinski definition) is 2. The van der Waals surface area contributed by atoms with E-state index in [1.807, 2.05) is 6.08 Å². The maximum absolute atomic E-state index is 12.9. The molecule has 0 atom stereocenters. The van der Waals surface area contributed by atoms with Crippen LogP contribution in [0.3, 0.4) is 0 Å². The van der Waals surface area contributed by atoms with Gasteiger partial charge in [-0.3, -0.25) is 4.79 Å². The standard InChI is InChI=1S/C15H17FN2O3/c16-13-3-1-11(2-4-13)12-6-9-18(10-7-12)15(21)17-8-5-14(19)20/h1-4,6H,5,7-10H2,(H,17,21)(H,19,20). The normalized spacial score (nSPS) is 14.5. The van der Waals surface area contributed by atoms with Crippen molar-refractivity contribution in [1.29, 1.82) is 0 Å². The highest BCUT2D eigenvalue weighted by molar-refractivity contribution is 5.77. The monoisotopic (exact) mass is 292 g/mol. The fraction of sp³-hybridized carbons (Fsp3) is 0.333. The Balaban J connectivity index is 1.87. The second-order valence-corrected chi connectivity index (χ2v) is 4.81. The van der Waals surface area contributed by atoms with Gasteiger partial charge < -0.3 is 15.3 Å². The molecule has 1 aromatic rings. The Bertz CT molecular complexity index is 555. The molecule has 2 N–H and O–H groups in total. The molecule has 0 saturated heterocycles. The molecule has 1 aliphatic heterocycles. The van der Waals surface area contributed by atoms with Crippen molar-refractivity contribution in [2.45, 2.75) is 12.8 Å². The topological polar surface area (TPSA) is 69.6 Å². The van der Waals surface area contributed by atoms with E-state index in [4.69, 9.17) is 5.11 Å². The van der Waals surface area contributed by atoms with E-state index < -0.39 is 5.97 Å². The van der Waals surface area contributed by atoms with Crippen LogP contribution in [0.5, 0.6) is 0 Å². The molecule has 0 aromatic heterocycles. The van der Waals surface area contributed by atoms with Gasteiger partial charge in [-0.2, -0.15) is 0 Å². The summed E-state index contributed by atoms with van der Waals surface area (Å²) in [6.45, 7) is 1.15. The first-order valence-electron chi connectivity index (χ1n) is 6.76. The number of halogens is 1. The quantitative estimate of drug-likeness (QED) is 0.893. The number of benzene rings is 1. The largest absolute Gasteiger partial charge is 0.481 e. The molecule has 112 valence electrons. The van der Waals surface area contributed by atoms with Crippen molar-refractivity contribution in [2.75, 3.05) is 19.6 Å². The predicted molar refractivity (Wildman–Crippen MR) is 76.2 cm³/mol. The van der Waals surface area contributed by atoms with E-state index in [1.54, 1.807) is 17.0 Å². The molecular formula is C15H17FN2O3. The molecule has 0 aliphatic carbocycles. The zero-order valence-electron chi connectivity index (χ0n) is 11.5. The number of aliphatic carboxylic acids is 1. The Morgan fingerprint density at radius 3 is 2.57 bits per heavy atom. The van der Waals surface area contributed by atoms with Crippen LogP contribution in [-0.2, 0) is 4.79 Å². The summed E-state index contributed by atoms with van der Waals surface area (Å²) in [6.07, 6.45) is 2.54. The van der Waals surface area contributed by atoms with Gasteiger partial charge >= 0.3 is 12.0 Å². The van der Waals surface area contributed by atoms with Crippen molar-refractivity contribution in [3.63, 3.8) is 0 Å². The Morgan fingerprint density at radius 2 is 2.00 bits per heavy atom. The summed E-state index contributed by atoms with van der Waals surface area (Å²) in [4.78, 5) is 23.8. The van der Waals surface area contributed by atoms with Crippen LogP contribution in [0.25, 0.3) is 5.57 Å². The molecule has 21 heavy (non-hydrogen) atoms. The number of urea groups is 1. The Morgan fingerprint density at radius 1 is 1.29 bits per heavy atom. The van der Waals surface area contributed by atoms with Crippen LogP contribution in [-0.4, -0.2) is 41.6 Å². The van der Waals surface area contributed by atoms with E-state index in [2.05, 4.69) is 5.32 Å². The second-order valence-electron chi connectivity index (χ2n) is 4.81. The highest BCUT2D eigenvalue weighted by Gasteiger charge is 2.17. The van der Waals surface area contributed by atoms with Crippen LogP contribution in [0.15, 0.2) is 30.3 Å². The van der Waals surface area contributed by atoms with Crippen LogP contribution in [0.4, 0.5) is 9.18 Å². The van der Waals surface area contributed by atoms with Crippen LogP contribution < -0.4 is 5.32 Å². The van der Waals surface area contributed by atoms with Gasteiger partial charge in [0.1, 0.15) is 5.82 Å². The van der Waals surface area contributed by atoms with Crippen molar-refractivity contribution in [3.05, 3.63) is 41.7 Å². The van der Waals surface area contributed by atoms with Crippen LogP contribution in [0.1, 0.15) is 18.4 Å². The number of carbonyl (C=O) groups is 2. The summed E-state index contributed by atoms with van der Waals surface area (Å²) in [5.41, 5.74) is 2.05. The molecule has 0 bridgehead atoms. The van der Waals surface area contributed by atoms with Crippen molar-refractivity contribution in [3.8, 4) is 0 Å². The van der Waals surface area contributed by atoms with E-state index in [0.717, 1.165) is 11.1 Å². The van der Waals surface area contributed by atoms with Crippen LogP contribution in [0.2, 0.25) is 0 Å². The average Bonchev–Trinajstić information content (AvgIpc) is 2.48. The van der Waals surface area contributed by atoms with Crippen molar-refractivity contribution in [2.24, 2.45) is 0 Å². The molecule has 1 heterocycles. The number of rotatable bonds is 4. The van der Waals surface area contributed by atoms with Gasteiger partial charge in [0.05, 0.1) is 6.42 Å². The smallest absolute Gasteiger partial charge is 0.317 e. The van der Waals surface area contributed by atoms with Gasteiger partial charge in [0, 0.05) is 19.6 Å². The lowest BCUT2D eigenvalue weighted by Crippen LogP contribution is -2.42. The molecule has 6 heteroatoms. The third kappa shape index (κ3) is 4.30. The lowest BCUT2D eigenvalue weighted by Gasteiger charge is -2.26. The third-order valence-electron chi connectivity index (χ3n) is 3.33. The Hall–Kier alpha value is -2.37. The van der Waals surface area contributed by atoms with Crippen molar-refractivity contribution >= 4 is 17.6 Å². The maximum atomic E-state index is 12.9. The number of carboxylic acids is 1. The molecule has 2 rings (SSSR count). The van der Waals surface area contributed by atoms with E-state index in [1.165, 1.54) is 12.1 Å². The first-order valence-corrected chi connectivity index (χ1v) is 6.76. The van der Waals surface area contributed by atoms with Crippen LogP contribution >= 0.6 is 0 Å². The number of nitrogens with one attached hydrogen (secondary N) is 1. The summed E-state index contributed by atoms with van der Waals surface area (Å²) < 4.78 is 12.9. The van der Waals surface area contributed by atoms with Gasteiger partial charge in [0.15, 0.2) is 0 Å². The van der Waals surface area contributed by atoms with E-state index in [-0.39, 0.29) is 24.8 Å². The Kier molecular flexibility index (Phi) is 4.92. The highest BCUT2D eigenvalue weighted by atomic mass is 19.1. The summed E-state index contributed by atoms with van der Waals surface area (Å²) in [5.74, 6) is -1.21. The molecule has 0 saturated carbocycles. The first kappa shape index (κ1) is 15.0. The van der Waals surface area contributed by atoms with Crippen LogP contribution in [0, 0.1) is 5.82 Å². The van der Waals surface area contributed by atoms with Gasteiger partial charge in [-0.05, 0) is 29.7 Å². The number of carbonyl (C=O) groups excluding carboxylic acids is 1. The molecule has 0 radical (unpaired) electrons. The van der Waals surface area contributed by atoms with E-state index in [9.17, 15) is 14.0 Å². The zero-order chi connectivity index (χ0) is 15.2. The van der Waals surface area contributed by atoms with E-state index >= 15 is 0 Å². The van der Waals surface area contributed by atoms with Gasteiger partial charge in [-0.15, -0.1) is 0 Å². The maximum Gasteiger partial charge on any atom is 0.317 e. The van der Waals surface area contributed by atoms with Gasteiger partial charge in [-0.25, -0.2) is 9.18 Å². The minimum Gasteiger partial charge on any atom is -0.481 e. The molecule has 5 nitrogen and oxygen atoms in total. The minimum absolute atomic E-state index is 0.0871. The average molecular weight is 292 g/mol. The van der Waals surface area contributed by atoms with E-state index in [0.29, 0.717) is 19.5 Å².